The van der Waals surface area contributed by atoms with Crippen LogP contribution in [0.25, 0.3) is 0 Å². The highest BCUT2D eigenvalue weighted by Crippen LogP contribution is 2.43. The summed E-state index contributed by atoms with van der Waals surface area (Å²) < 4.78 is 11.5. The molecule has 0 aliphatic heterocycles. The molecule has 3 heteroatoms. The van der Waals surface area contributed by atoms with Gasteiger partial charge in [0, 0.05) is 6.42 Å². The van der Waals surface area contributed by atoms with E-state index in [4.69, 9.17) is 9.47 Å². The number of hydrogen-bond acceptors (Lipinski definition) is 3. The molecule has 0 aromatic heterocycles. The SMILES string of the molecule is CC(C)(C)CC(c1ccc(C(=O)OC(C)(C)CCOC(C)(C)C)cc1)C(C)(C)C. The van der Waals surface area contributed by atoms with E-state index < -0.39 is 5.60 Å². The van der Waals surface area contributed by atoms with Gasteiger partial charge in [-0.1, -0.05) is 53.7 Å². The van der Waals surface area contributed by atoms with Crippen molar-refractivity contribution < 1.29 is 14.3 Å². The van der Waals surface area contributed by atoms with Crippen molar-refractivity contribution in [1.82, 2.24) is 0 Å². The molecular weight excluding hydrogens is 360 g/mol. The first kappa shape index (κ1) is 25.7. The third-order valence-electron chi connectivity index (χ3n) is 5.02. The Kier molecular flexibility index (Phi) is 8.15. The van der Waals surface area contributed by atoms with Gasteiger partial charge in [0.05, 0.1) is 17.8 Å². The number of esters is 1. The van der Waals surface area contributed by atoms with Crippen LogP contribution in [0.2, 0.25) is 0 Å². The molecule has 0 saturated heterocycles. The van der Waals surface area contributed by atoms with Crippen LogP contribution in [0.5, 0.6) is 0 Å². The summed E-state index contributed by atoms with van der Waals surface area (Å²) in [5, 5.41) is 0. The van der Waals surface area contributed by atoms with Crippen molar-refractivity contribution in [3.8, 4) is 0 Å². The Morgan fingerprint density at radius 1 is 0.862 bits per heavy atom. The summed E-state index contributed by atoms with van der Waals surface area (Å²) in [6, 6.07) is 7.99. The van der Waals surface area contributed by atoms with Crippen LogP contribution >= 0.6 is 0 Å². The van der Waals surface area contributed by atoms with Gasteiger partial charge >= 0.3 is 5.97 Å². The average molecular weight is 405 g/mol. The van der Waals surface area contributed by atoms with Crippen LogP contribution < -0.4 is 0 Å². The second kappa shape index (κ2) is 9.20. The van der Waals surface area contributed by atoms with Crippen LogP contribution in [0, 0.1) is 10.8 Å². The van der Waals surface area contributed by atoms with Crippen molar-refractivity contribution in [3.05, 3.63) is 35.4 Å². The van der Waals surface area contributed by atoms with Gasteiger partial charge in [-0.05, 0) is 75.5 Å². The van der Waals surface area contributed by atoms with E-state index in [0.29, 0.717) is 24.5 Å². The lowest BCUT2D eigenvalue weighted by atomic mass is 9.69. The van der Waals surface area contributed by atoms with Crippen LogP contribution in [0.1, 0.15) is 111 Å². The molecule has 0 fully saturated rings. The Hall–Kier alpha value is -1.35. The molecule has 1 atom stereocenters. The molecule has 0 saturated carbocycles. The normalized spacial score (nSPS) is 14.6. The molecule has 0 heterocycles. The van der Waals surface area contributed by atoms with Gasteiger partial charge < -0.3 is 9.47 Å². The largest absolute Gasteiger partial charge is 0.456 e. The maximum atomic E-state index is 12.7. The van der Waals surface area contributed by atoms with Crippen LogP contribution in [-0.2, 0) is 9.47 Å². The zero-order chi connectivity index (χ0) is 22.7. The second-order valence-corrected chi connectivity index (χ2v) is 12.2. The first-order chi connectivity index (χ1) is 12.9. The lowest BCUT2D eigenvalue weighted by Crippen LogP contribution is -2.31. The molecule has 0 aliphatic rings. The van der Waals surface area contributed by atoms with Gasteiger partial charge in [-0.3, -0.25) is 0 Å². The van der Waals surface area contributed by atoms with E-state index in [2.05, 4.69) is 53.7 Å². The standard InChI is InChI=1S/C26H44O3/c1-23(2,3)18-21(24(4,5)6)19-12-14-20(15-13-19)22(27)29-26(10,11)16-17-28-25(7,8)9/h12-15,21H,16-18H2,1-11H3. The molecule has 1 rings (SSSR count). The Labute approximate surface area is 179 Å². The fourth-order valence-corrected chi connectivity index (χ4v) is 3.35. The van der Waals surface area contributed by atoms with E-state index in [1.54, 1.807) is 0 Å². The minimum atomic E-state index is -0.568. The Morgan fingerprint density at radius 3 is 1.79 bits per heavy atom. The predicted octanol–water partition coefficient (Wildman–Crippen LogP) is 7.39. The number of rotatable bonds is 7. The predicted molar refractivity (Wildman–Crippen MR) is 123 cm³/mol. The molecule has 1 unspecified atom stereocenters. The minimum absolute atomic E-state index is 0.157. The summed E-state index contributed by atoms with van der Waals surface area (Å²) in [6.45, 7) is 24.2. The number of benzene rings is 1. The maximum Gasteiger partial charge on any atom is 0.338 e. The van der Waals surface area contributed by atoms with Crippen molar-refractivity contribution in [2.75, 3.05) is 6.61 Å². The summed E-state index contributed by atoms with van der Waals surface area (Å²) >= 11 is 0. The molecule has 1 aromatic rings. The molecule has 0 bridgehead atoms. The van der Waals surface area contributed by atoms with Crippen LogP contribution in [-0.4, -0.2) is 23.8 Å². The molecule has 0 amide bonds. The molecule has 0 spiro atoms. The van der Waals surface area contributed by atoms with Crippen molar-refractivity contribution in [1.29, 1.82) is 0 Å². The summed E-state index contributed by atoms with van der Waals surface area (Å²) in [4.78, 5) is 12.7. The van der Waals surface area contributed by atoms with Crippen molar-refractivity contribution in [2.24, 2.45) is 10.8 Å². The third-order valence-corrected chi connectivity index (χ3v) is 5.02. The molecule has 0 radical (unpaired) electrons. The molecule has 3 nitrogen and oxygen atoms in total. The van der Waals surface area contributed by atoms with E-state index in [0.717, 1.165) is 6.42 Å². The van der Waals surface area contributed by atoms with E-state index in [1.165, 1.54) is 5.56 Å². The Bertz CT molecular complexity index is 649. The summed E-state index contributed by atoms with van der Waals surface area (Å²) in [5.41, 5.74) is 1.52. The zero-order valence-electron chi connectivity index (χ0n) is 20.7. The zero-order valence-corrected chi connectivity index (χ0v) is 20.7. The van der Waals surface area contributed by atoms with E-state index in [1.807, 2.05) is 46.8 Å². The fourth-order valence-electron chi connectivity index (χ4n) is 3.35. The highest BCUT2D eigenvalue weighted by Gasteiger charge is 2.31. The smallest absolute Gasteiger partial charge is 0.338 e. The van der Waals surface area contributed by atoms with E-state index >= 15 is 0 Å². The number of carbonyl (C=O) groups is 1. The highest BCUT2D eigenvalue weighted by atomic mass is 16.6. The van der Waals surface area contributed by atoms with Gasteiger partial charge in [0.15, 0.2) is 0 Å². The van der Waals surface area contributed by atoms with Gasteiger partial charge in [-0.15, -0.1) is 0 Å². The monoisotopic (exact) mass is 404 g/mol. The number of ether oxygens (including phenoxy) is 2. The van der Waals surface area contributed by atoms with Crippen LogP contribution in [0.3, 0.4) is 0 Å². The van der Waals surface area contributed by atoms with Gasteiger partial charge in [0.1, 0.15) is 5.60 Å². The number of hydrogen-bond donors (Lipinski definition) is 0. The second-order valence-electron chi connectivity index (χ2n) is 12.2. The van der Waals surface area contributed by atoms with Gasteiger partial charge in [0.25, 0.3) is 0 Å². The van der Waals surface area contributed by atoms with Gasteiger partial charge in [-0.2, -0.15) is 0 Å². The molecule has 166 valence electrons. The summed E-state index contributed by atoms with van der Waals surface area (Å²) in [6.07, 6.45) is 1.76. The highest BCUT2D eigenvalue weighted by molar-refractivity contribution is 5.89. The topological polar surface area (TPSA) is 35.5 Å². The fraction of sp³-hybridized carbons (Fsp3) is 0.731. The van der Waals surface area contributed by atoms with Gasteiger partial charge in [0.2, 0.25) is 0 Å². The number of carbonyl (C=O) groups excluding carboxylic acids is 1. The first-order valence-corrected chi connectivity index (χ1v) is 10.9. The maximum absolute atomic E-state index is 12.7. The van der Waals surface area contributed by atoms with Gasteiger partial charge in [-0.25, -0.2) is 4.79 Å². The van der Waals surface area contributed by atoms with Crippen LogP contribution in [0.4, 0.5) is 0 Å². The summed E-state index contributed by atoms with van der Waals surface area (Å²) in [5.74, 6) is 0.152. The summed E-state index contributed by atoms with van der Waals surface area (Å²) in [7, 11) is 0. The molecule has 0 N–H and O–H groups in total. The first-order valence-electron chi connectivity index (χ1n) is 10.9. The minimum Gasteiger partial charge on any atom is -0.456 e. The Balaban J connectivity index is 2.84. The van der Waals surface area contributed by atoms with E-state index in [9.17, 15) is 4.79 Å². The third kappa shape index (κ3) is 9.80. The van der Waals surface area contributed by atoms with Crippen molar-refractivity contribution in [3.63, 3.8) is 0 Å². The lowest BCUT2D eigenvalue weighted by Gasteiger charge is -2.36. The molecule has 0 aliphatic carbocycles. The molecule has 1 aromatic carbocycles. The quantitative estimate of drug-likeness (QED) is 0.444. The average Bonchev–Trinajstić information content (AvgIpc) is 2.49. The molecule has 29 heavy (non-hydrogen) atoms. The van der Waals surface area contributed by atoms with E-state index in [-0.39, 0.29) is 22.4 Å². The Morgan fingerprint density at radius 2 is 1.38 bits per heavy atom. The molecular formula is C26H44O3. The van der Waals surface area contributed by atoms with Crippen LogP contribution in [0.15, 0.2) is 24.3 Å². The van der Waals surface area contributed by atoms with Crippen molar-refractivity contribution in [2.45, 2.75) is 106 Å². The van der Waals surface area contributed by atoms with Crippen molar-refractivity contribution >= 4 is 5.97 Å². The lowest BCUT2D eigenvalue weighted by molar-refractivity contribution is -0.0474.